The quantitative estimate of drug-likeness (QED) is 0.750. The maximum atomic E-state index is 11.7. The van der Waals surface area contributed by atoms with Gasteiger partial charge in [-0.25, -0.2) is 13.1 Å². The van der Waals surface area contributed by atoms with Gasteiger partial charge in [-0.1, -0.05) is 18.2 Å². The first-order valence-corrected chi connectivity index (χ1v) is 8.49. The fraction of sp³-hybridized carbons (Fsp3) is 0.467. The van der Waals surface area contributed by atoms with Crippen molar-refractivity contribution < 1.29 is 13.2 Å². The number of hydrogen-bond donors (Lipinski definition) is 1. The molecule has 1 aliphatic rings. The summed E-state index contributed by atoms with van der Waals surface area (Å²) in [6.07, 6.45) is 3.87. The number of nitrogens with one attached hydrogen (secondary N) is 1. The van der Waals surface area contributed by atoms with Gasteiger partial charge in [-0.05, 0) is 43.4 Å². The minimum atomic E-state index is -3.32. The Hall–Kier alpha value is -1.33. The third-order valence-corrected chi connectivity index (χ3v) is 4.62. The summed E-state index contributed by atoms with van der Waals surface area (Å²) in [5, 5.41) is 0. The fourth-order valence-corrected chi connectivity index (χ4v) is 2.99. The van der Waals surface area contributed by atoms with Gasteiger partial charge in [-0.3, -0.25) is 0 Å². The molecule has 1 saturated carbocycles. The first-order chi connectivity index (χ1) is 9.50. The Morgan fingerprint density at radius 3 is 2.90 bits per heavy atom. The number of benzene rings is 1. The van der Waals surface area contributed by atoms with Crippen molar-refractivity contribution in [2.75, 3.05) is 12.4 Å². The van der Waals surface area contributed by atoms with Crippen molar-refractivity contribution in [3.8, 4) is 5.75 Å². The maximum Gasteiger partial charge on any atom is 0.215 e. The molecule has 0 radical (unpaired) electrons. The molecule has 1 aromatic carbocycles. The van der Waals surface area contributed by atoms with E-state index in [0.717, 1.165) is 17.9 Å². The van der Waals surface area contributed by atoms with Crippen molar-refractivity contribution in [1.29, 1.82) is 0 Å². The van der Waals surface area contributed by atoms with E-state index in [1.807, 2.05) is 31.2 Å². The molecule has 0 saturated heterocycles. The maximum absolute atomic E-state index is 11.7. The zero-order valence-electron chi connectivity index (χ0n) is 11.7. The Morgan fingerprint density at radius 1 is 1.50 bits per heavy atom. The Labute approximate surface area is 120 Å². The summed E-state index contributed by atoms with van der Waals surface area (Å²) < 4.78 is 31.7. The average Bonchev–Trinajstić information content (AvgIpc) is 3.20. The average molecular weight is 295 g/mol. The highest BCUT2D eigenvalue weighted by Gasteiger charge is 2.22. The molecule has 5 heteroatoms. The molecular weight excluding hydrogens is 274 g/mol. The fourth-order valence-electron chi connectivity index (χ4n) is 1.91. The van der Waals surface area contributed by atoms with Crippen molar-refractivity contribution in [3.63, 3.8) is 0 Å². The molecule has 2 rings (SSSR count). The van der Waals surface area contributed by atoms with Gasteiger partial charge in [0.2, 0.25) is 10.0 Å². The summed E-state index contributed by atoms with van der Waals surface area (Å²) in [4.78, 5) is 0. The van der Waals surface area contributed by atoms with E-state index in [0.29, 0.717) is 5.92 Å². The summed E-state index contributed by atoms with van der Waals surface area (Å²) >= 11 is 0. The third kappa shape index (κ3) is 4.65. The van der Waals surface area contributed by atoms with E-state index in [4.69, 9.17) is 4.74 Å². The van der Waals surface area contributed by atoms with E-state index in [2.05, 4.69) is 11.3 Å². The van der Waals surface area contributed by atoms with E-state index < -0.39 is 10.0 Å². The van der Waals surface area contributed by atoms with Crippen LogP contribution in [0.15, 0.2) is 36.9 Å². The van der Waals surface area contributed by atoms with E-state index >= 15 is 0 Å². The number of sulfonamides is 1. The second kappa shape index (κ2) is 6.41. The smallest absolute Gasteiger partial charge is 0.215 e. The van der Waals surface area contributed by atoms with Crippen LogP contribution in [0, 0.1) is 5.92 Å². The topological polar surface area (TPSA) is 55.4 Å². The van der Waals surface area contributed by atoms with Gasteiger partial charge in [0.15, 0.2) is 0 Å². The molecule has 1 fully saturated rings. The lowest BCUT2D eigenvalue weighted by atomic mass is 10.1. The summed E-state index contributed by atoms with van der Waals surface area (Å²) in [7, 11) is -3.32. The van der Waals surface area contributed by atoms with Gasteiger partial charge in [0.1, 0.15) is 5.75 Å². The highest BCUT2D eigenvalue weighted by atomic mass is 32.2. The van der Waals surface area contributed by atoms with Gasteiger partial charge in [0.25, 0.3) is 0 Å². The third-order valence-electron chi connectivity index (χ3n) is 3.23. The number of rotatable bonds is 8. The van der Waals surface area contributed by atoms with Crippen LogP contribution in [0.25, 0.3) is 0 Å². The van der Waals surface area contributed by atoms with Crippen LogP contribution in [0.4, 0.5) is 0 Å². The molecule has 0 spiro atoms. The standard InChI is InChI=1S/C15H21NO3S/c1-3-9-20(17,18)16-12(2)14-5-4-6-15(10-14)19-11-13-7-8-13/h3-6,10,12-13,16H,1,7-9,11H2,2H3. The van der Waals surface area contributed by atoms with Crippen LogP contribution in [-0.2, 0) is 10.0 Å². The molecule has 1 N–H and O–H groups in total. The van der Waals surface area contributed by atoms with Crippen LogP contribution in [0.5, 0.6) is 5.75 Å². The summed E-state index contributed by atoms with van der Waals surface area (Å²) in [6.45, 7) is 6.02. The second-order valence-corrected chi connectivity index (χ2v) is 7.04. The monoisotopic (exact) mass is 295 g/mol. The minimum Gasteiger partial charge on any atom is -0.493 e. The molecule has 4 nitrogen and oxygen atoms in total. The van der Waals surface area contributed by atoms with Gasteiger partial charge < -0.3 is 4.74 Å². The summed E-state index contributed by atoms with van der Waals surface area (Å²) in [5.41, 5.74) is 0.894. The van der Waals surface area contributed by atoms with Gasteiger partial charge >= 0.3 is 0 Å². The van der Waals surface area contributed by atoms with Crippen molar-refractivity contribution in [3.05, 3.63) is 42.5 Å². The highest BCUT2D eigenvalue weighted by Crippen LogP contribution is 2.30. The van der Waals surface area contributed by atoms with Crippen molar-refractivity contribution >= 4 is 10.0 Å². The first-order valence-electron chi connectivity index (χ1n) is 6.84. The summed E-state index contributed by atoms with van der Waals surface area (Å²) in [5.74, 6) is 1.42. The Kier molecular flexibility index (Phi) is 4.83. The van der Waals surface area contributed by atoms with E-state index in [1.165, 1.54) is 18.9 Å². The van der Waals surface area contributed by atoms with Gasteiger partial charge in [0.05, 0.1) is 12.4 Å². The van der Waals surface area contributed by atoms with Gasteiger partial charge in [-0.2, -0.15) is 0 Å². The molecule has 1 aliphatic carbocycles. The Balaban J connectivity index is 1.99. The van der Waals surface area contributed by atoms with Crippen molar-refractivity contribution in [2.45, 2.75) is 25.8 Å². The molecule has 1 aromatic rings. The van der Waals surface area contributed by atoms with Gasteiger partial charge in [0, 0.05) is 6.04 Å². The van der Waals surface area contributed by atoms with E-state index in [-0.39, 0.29) is 11.8 Å². The molecule has 1 atom stereocenters. The first kappa shape index (κ1) is 15.1. The number of hydrogen-bond acceptors (Lipinski definition) is 3. The van der Waals surface area contributed by atoms with Crippen LogP contribution < -0.4 is 9.46 Å². The molecule has 110 valence electrons. The predicted octanol–water partition coefficient (Wildman–Crippen LogP) is 2.64. The van der Waals surface area contributed by atoms with Gasteiger partial charge in [-0.15, -0.1) is 6.58 Å². The predicted molar refractivity (Wildman–Crippen MR) is 80.2 cm³/mol. The van der Waals surface area contributed by atoms with Crippen LogP contribution in [0.3, 0.4) is 0 Å². The van der Waals surface area contributed by atoms with Crippen LogP contribution >= 0.6 is 0 Å². The Bertz CT molecular complexity index is 564. The lowest BCUT2D eigenvalue weighted by molar-refractivity contribution is 0.299. The highest BCUT2D eigenvalue weighted by molar-refractivity contribution is 7.89. The van der Waals surface area contributed by atoms with Crippen LogP contribution in [-0.4, -0.2) is 20.8 Å². The molecular formula is C15H21NO3S. The minimum absolute atomic E-state index is 0.0742. The second-order valence-electron chi connectivity index (χ2n) is 5.24. The van der Waals surface area contributed by atoms with E-state index in [9.17, 15) is 8.42 Å². The summed E-state index contributed by atoms with van der Waals surface area (Å²) in [6, 6.07) is 7.28. The van der Waals surface area contributed by atoms with Crippen LogP contribution in [0.1, 0.15) is 31.4 Å². The SMILES string of the molecule is C=CCS(=O)(=O)NC(C)c1cccc(OCC2CC2)c1. The lowest BCUT2D eigenvalue weighted by Crippen LogP contribution is -2.28. The zero-order chi connectivity index (χ0) is 14.6. The van der Waals surface area contributed by atoms with Crippen molar-refractivity contribution in [1.82, 2.24) is 4.72 Å². The molecule has 0 bridgehead atoms. The van der Waals surface area contributed by atoms with E-state index in [1.54, 1.807) is 0 Å². The molecule has 0 aliphatic heterocycles. The zero-order valence-corrected chi connectivity index (χ0v) is 12.5. The number of ether oxygens (including phenoxy) is 1. The van der Waals surface area contributed by atoms with Crippen molar-refractivity contribution in [2.24, 2.45) is 5.92 Å². The normalized spacial score (nSPS) is 16.6. The molecule has 0 heterocycles. The largest absolute Gasteiger partial charge is 0.493 e. The Morgan fingerprint density at radius 2 is 2.25 bits per heavy atom. The molecule has 0 aromatic heterocycles. The molecule has 0 amide bonds. The molecule has 1 unspecified atom stereocenters. The molecule has 20 heavy (non-hydrogen) atoms. The lowest BCUT2D eigenvalue weighted by Gasteiger charge is -2.15. The van der Waals surface area contributed by atoms with Crippen LogP contribution in [0.2, 0.25) is 0 Å².